The summed E-state index contributed by atoms with van der Waals surface area (Å²) < 4.78 is 26.4. The van der Waals surface area contributed by atoms with Gasteiger partial charge in [0.15, 0.2) is 16.8 Å². The van der Waals surface area contributed by atoms with E-state index in [-0.39, 0.29) is 34.1 Å². The van der Waals surface area contributed by atoms with Gasteiger partial charge in [0, 0.05) is 37.1 Å². The van der Waals surface area contributed by atoms with Gasteiger partial charge in [0.1, 0.15) is 5.69 Å². The maximum atomic E-state index is 13.3. The average Bonchev–Trinajstić information content (AvgIpc) is 3.24. The van der Waals surface area contributed by atoms with Gasteiger partial charge in [-0.05, 0) is 44.9 Å². The van der Waals surface area contributed by atoms with E-state index in [2.05, 4.69) is 10.3 Å². The standard InChI is InChI=1S/C21H24F2N4O3S/c1-3-26(4-2)19(29)14-6-5-9-27(11-14)20(30)17-12-31-21(24-17)25-18(28)13-7-8-15(22)16(23)10-13/h7-8,10,12,14H,3-6,9,11H2,1-2H3,(H,24,25,28)/t14-/m1/s1. The number of likely N-dealkylation sites (tertiary alicyclic amines) is 1. The second-order valence-corrected chi connectivity index (χ2v) is 8.08. The molecule has 1 fully saturated rings. The van der Waals surface area contributed by atoms with E-state index in [1.54, 1.807) is 9.80 Å². The predicted molar refractivity (Wildman–Crippen MR) is 113 cm³/mol. The van der Waals surface area contributed by atoms with Crippen LogP contribution in [0.15, 0.2) is 23.6 Å². The molecule has 1 saturated heterocycles. The van der Waals surface area contributed by atoms with E-state index in [1.807, 2.05) is 13.8 Å². The first-order valence-corrected chi connectivity index (χ1v) is 11.0. The van der Waals surface area contributed by atoms with Crippen molar-refractivity contribution in [3.63, 3.8) is 0 Å². The molecular formula is C21H24F2N4O3S. The highest BCUT2D eigenvalue weighted by molar-refractivity contribution is 7.14. The summed E-state index contributed by atoms with van der Waals surface area (Å²) >= 11 is 1.06. The SMILES string of the molecule is CCN(CC)C(=O)[C@@H]1CCCN(C(=O)c2csc(NC(=O)c3ccc(F)c(F)c3)n2)C1. The molecule has 1 aliphatic rings. The molecule has 0 aliphatic carbocycles. The molecule has 1 atom stereocenters. The first kappa shape index (κ1) is 22.8. The molecular weight excluding hydrogens is 426 g/mol. The molecule has 3 amide bonds. The van der Waals surface area contributed by atoms with E-state index in [9.17, 15) is 23.2 Å². The highest BCUT2D eigenvalue weighted by Gasteiger charge is 2.31. The molecule has 166 valence electrons. The van der Waals surface area contributed by atoms with Crippen molar-refractivity contribution in [2.75, 3.05) is 31.5 Å². The van der Waals surface area contributed by atoms with E-state index in [1.165, 1.54) is 5.38 Å². The first-order chi connectivity index (χ1) is 14.8. The fourth-order valence-electron chi connectivity index (χ4n) is 3.55. The smallest absolute Gasteiger partial charge is 0.273 e. The van der Waals surface area contributed by atoms with Gasteiger partial charge in [0.05, 0.1) is 5.92 Å². The number of amides is 3. The van der Waals surface area contributed by atoms with Gasteiger partial charge in [-0.1, -0.05) is 0 Å². The zero-order valence-electron chi connectivity index (χ0n) is 17.4. The molecule has 0 unspecified atom stereocenters. The first-order valence-electron chi connectivity index (χ1n) is 10.1. The lowest BCUT2D eigenvalue weighted by atomic mass is 9.96. The van der Waals surface area contributed by atoms with Crippen LogP contribution in [0.1, 0.15) is 47.5 Å². The van der Waals surface area contributed by atoms with Crippen molar-refractivity contribution < 1.29 is 23.2 Å². The third-order valence-electron chi connectivity index (χ3n) is 5.26. The van der Waals surface area contributed by atoms with Crippen molar-refractivity contribution in [1.82, 2.24) is 14.8 Å². The lowest BCUT2D eigenvalue weighted by Crippen LogP contribution is -2.46. The summed E-state index contributed by atoms with van der Waals surface area (Å²) in [4.78, 5) is 45.3. The summed E-state index contributed by atoms with van der Waals surface area (Å²) in [5.74, 6) is -3.31. The van der Waals surface area contributed by atoms with Crippen LogP contribution in [0.5, 0.6) is 0 Å². The zero-order valence-corrected chi connectivity index (χ0v) is 18.2. The highest BCUT2D eigenvalue weighted by Crippen LogP contribution is 2.23. The molecule has 0 radical (unpaired) electrons. The van der Waals surface area contributed by atoms with Crippen molar-refractivity contribution in [3.05, 3.63) is 46.5 Å². The monoisotopic (exact) mass is 450 g/mol. The molecule has 1 aromatic carbocycles. The van der Waals surface area contributed by atoms with Gasteiger partial charge in [0.2, 0.25) is 5.91 Å². The predicted octanol–water partition coefficient (Wildman–Crippen LogP) is 3.39. The maximum Gasteiger partial charge on any atom is 0.273 e. The summed E-state index contributed by atoms with van der Waals surface area (Å²) in [7, 11) is 0. The fraction of sp³-hybridized carbons (Fsp3) is 0.429. The molecule has 31 heavy (non-hydrogen) atoms. The summed E-state index contributed by atoms with van der Waals surface area (Å²) in [6.45, 7) is 5.99. The number of hydrogen-bond acceptors (Lipinski definition) is 5. The fourth-order valence-corrected chi connectivity index (χ4v) is 4.23. The van der Waals surface area contributed by atoms with Gasteiger partial charge < -0.3 is 9.80 Å². The van der Waals surface area contributed by atoms with Crippen LogP contribution >= 0.6 is 11.3 Å². The van der Waals surface area contributed by atoms with Crippen LogP contribution in [0.25, 0.3) is 0 Å². The third kappa shape index (κ3) is 5.25. The Kier molecular flexibility index (Phi) is 7.32. The number of carbonyl (C=O) groups excluding carboxylic acids is 3. The highest BCUT2D eigenvalue weighted by atomic mass is 32.1. The molecule has 0 spiro atoms. The summed E-state index contributed by atoms with van der Waals surface area (Å²) in [6, 6.07) is 2.83. The van der Waals surface area contributed by atoms with Crippen molar-refractivity contribution in [2.24, 2.45) is 5.92 Å². The number of carbonyl (C=O) groups is 3. The average molecular weight is 451 g/mol. The van der Waals surface area contributed by atoms with E-state index in [0.717, 1.165) is 42.4 Å². The van der Waals surface area contributed by atoms with Gasteiger partial charge >= 0.3 is 0 Å². The summed E-state index contributed by atoms with van der Waals surface area (Å²) in [5, 5.41) is 4.19. The normalized spacial score (nSPS) is 16.1. The van der Waals surface area contributed by atoms with E-state index in [4.69, 9.17) is 0 Å². The minimum atomic E-state index is -1.12. The number of nitrogens with one attached hydrogen (secondary N) is 1. The second kappa shape index (κ2) is 9.95. The Morgan fingerprint density at radius 1 is 1.23 bits per heavy atom. The second-order valence-electron chi connectivity index (χ2n) is 7.22. The lowest BCUT2D eigenvalue weighted by molar-refractivity contribution is -0.136. The van der Waals surface area contributed by atoms with Crippen LogP contribution in [0, 0.1) is 17.6 Å². The van der Waals surface area contributed by atoms with Crippen molar-refractivity contribution in [2.45, 2.75) is 26.7 Å². The molecule has 10 heteroatoms. The van der Waals surface area contributed by atoms with Gasteiger partial charge in [-0.3, -0.25) is 19.7 Å². The van der Waals surface area contributed by atoms with E-state index in [0.29, 0.717) is 26.2 Å². The Hall–Kier alpha value is -2.88. The Bertz CT molecular complexity index is 977. The number of aromatic nitrogens is 1. The minimum absolute atomic E-state index is 0.0558. The zero-order chi connectivity index (χ0) is 22.5. The van der Waals surface area contributed by atoms with Crippen LogP contribution in [-0.4, -0.2) is 58.7 Å². The van der Waals surface area contributed by atoms with Crippen LogP contribution in [0.3, 0.4) is 0 Å². The molecule has 1 aliphatic heterocycles. The molecule has 0 bridgehead atoms. The number of rotatable bonds is 6. The summed E-state index contributed by atoms with van der Waals surface area (Å²) in [6.07, 6.45) is 1.47. The minimum Gasteiger partial charge on any atom is -0.343 e. The molecule has 0 saturated carbocycles. The number of thiazole rings is 1. The number of benzene rings is 1. The van der Waals surface area contributed by atoms with Crippen LogP contribution in [-0.2, 0) is 4.79 Å². The molecule has 3 rings (SSSR count). The Morgan fingerprint density at radius 2 is 1.97 bits per heavy atom. The number of piperidine rings is 1. The van der Waals surface area contributed by atoms with Crippen LogP contribution in [0.2, 0.25) is 0 Å². The van der Waals surface area contributed by atoms with Crippen molar-refractivity contribution >= 4 is 34.2 Å². The van der Waals surface area contributed by atoms with Gasteiger partial charge in [-0.25, -0.2) is 13.8 Å². The molecule has 7 nitrogen and oxygen atoms in total. The van der Waals surface area contributed by atoms with Crippen molar-refractivity contribution in [3.8, 4) is 0 Å². The van der Waals surface area contributed by atoms with E-state index >= 15 is 0 Å². The van der Waals surface area contributed by atoms with Crippen LogP contribution < -0.4 is 5.32 Å². The van der Waals surface area contributed by atoms with E-state index < -0.39 is 17.5 Å². The number of anilines is 1. The maximum absolute atomic E-state index is 13.3. The molecule has 2 heterocycles. The van der Waals surface area contributed by atoms with Gasteiger partial charge in [-0.15, -0.1) is 11.3 Å². The van der Waals surface area contributed by atoms with Crippen LogP contribution in [0.4, 0.5) is 13.9 Å². The quantitative estimate of drug-likeness (QED) is 0.731. The Balaban J connectivity index is 1.64. The van der Waals surface area contributed by atoms with Gasteiger partial charge in [0.25, 0.3) is 11.8 Å². The molecule has 1 N–H and O–H groups in total. The van der Waals surface area contributed by atoms with Crippen molar-refractivity contribution in [1.29, 1.82) is 0 Å². The summed E-state index contributed by atoms with van der Waals surface area (Å²) in [5.41, 5.74) is 0.109. The number of halogens is 2. The Morgan fingerprint density at radius 3 is 2.65 bits per heavy atom. The lowest BCUT2D eigenvalue weighted by Gasteiger charge is -2.34. The largest absolute Gasteiger partial charge is 0.343 e. The topological polar surface area (TPSA) is 82.6 Å². The third-order valence-corrected chi connectivity index (χ3v) is 6.02. The van der Waals surface area contributed by atoms with Gasteiger partial charge in [-0.2, -0.15) is 0 Å². The Labute approximate surface area is 183 Å². The molecule has 2 aromatic rings. The number of hydrogen-bond donors (Lipinski definition) is 1. The molecule has 1 aromatic heterocycles. The number of nitrogens with zero attached hydrogens (tertiary/aromatic N) is 3.